The molecule has 5 atom stereocenters. The van der Waals surface area contributed by atoms with Gasteiger partial charge in [0.2, 0.25) is 5.91 Å². The van der Waals surface area contributed by atoms with Crippen LogP contribution in [0, 0.1) is 23.2 Å². The van der Waals surface area contributed by atoms with Crippen LogP contribution in [-0.2, 0) is 16.1 Å². The molecule has 32 heavy (non-hydrogen) atoms. The van der Waals surface area contributed by atoms with E-state index in [2.05, 4.69) is 21.7 Å². The largest absolute Gasteiger partial charge is 0.495 e. The van der Waals surface area contributed by atoms with Gasteiger partial charge in [-0.05, 0) is 55.0 Å². The molecule has 2 aliphatic rings. The zero-order chi connectivity index (χ0) is 22.5. The second-order valence-corrected chi connectivity index (χ2v) is 8.97. The molecule has 1 aliphatic carbocycles. The first-order valence-corrected chi connectivity index (χ1v) is 11.3. The summed E-state index contributed by atoms with van der Waals surface area (Å²) in [5.74, 6) is 0.760. The number of benzene rings is 1. The maximum absolute atomic E-state index is 12.8. The van der Waals surface area contributed by atoms with Crippen molar-refractivity contribution in [1.82, 2.24) is 10.3 Å². The number of alkyl halides is 1. The molecule has 2 heterocycles. The fourth-order valence-corrected chi connectivity index (χ4v) is 4.98. The average molecular weight is 455 g/mol. The Morgan fingerprint density at radius 2 is 2.06 bits per heavy atom. The van der Waals surface area contributed by atoms with Crippen molar-refractivity contribution >= 4 is 23.2 Å². The van der Waals surface area contributed by atoms with Crippen molar-refractivity contribution < 1.29 is 14.3 Å². The third-order valence-electron chi connectivity index (χ3n) is 6.36. The molecule has 0 bridgehead atoms. The monoisotopic (exact) mass is 454 g/mol. The Morgan fingerprint density at radius 3 is 2.81 bits per heavy atom. The summed E-state index contributed by atoms with van der Waals surface area (Å²) in [7, 11) is 1.54. The quantitative estimate of drug-likeness (QED) is 0.622. The number of pyridine rings is 1. The van der Waals surface area contributed by atoms with Gasteiger partial charge in [0.1, 0.15) is 11.8 Å². The average Bonchev–Trinajstić information content (AvgIpc) is 2.82. The maximum atomic E-state index is 12.8. The number of nitriles is 1. The zero-order valence-electron chi connectivity index (χ0n) is 18.0. The molecule has 1 saturated heterocycles. The van der Waals surface area contributed by atoms with Crippen molar-refractivity contribution in [3.8, 4) is 11.8 Å². The molecule has 2 aromatic rings. The summed E-state index contributed by atoms with van der Waals surface area (Å²) in [6.07, 6.45) is 5.73. The number of hydrogen-bond donors (Lipinski definition) is 2. The molecule has 2 fully saturated rings. The van der Waals surface area contributed by atoms with Crippen LogP contribution in [0.15, 0.2) is 42.7 Å². The Kier molecular flexibility index (Phi) is 7.13. The summed E-state index contributed by atoms with van der Waals surface area (Å²) in [6.45, 7) is 1.00. The lowest BCUT2D eigenvalue weighted by Crippen LogP contribution is -2.56. The summed E-state index contributed by atoms with van der Waals surface area (Å²) >= 11 is 6.68. The summed E-state index contributed by atoms with van der Waals surface area (Å²) in [5.41, 5.74) is 2.36. The topological polar surface area (TPSA) is 96.3 Å². The van der Waals surface area contributed by atoms with Crippen molar-refractivity contribution in [3.63, 3.8) is 0 Å². The smallest absolute Gasteiger partial charge is 0.225 e. The van der Waals surface area contributed by atoms with Gasteiger partial charge in [-0.15, -0.1) is 11.6 Å². The highest BCUT2D eigenvalue weighted by Crippen LogP contribution is 2.37. The third kappa shape index (κ3) is 5.14. The van der Waals surface area contributed by atoms with Crippen LogP contribution in [0.4, 0.5) is 5.69 Å². The van der Waals surface area contributed by atoms with E-state index < -0.39 is 0 Å². The van der Waals surface area contributed by atoms with Crippen molar-refractivity contribution in [2.24, 2.45) is 11.8 Å². The molecule has 1 amide bonds. The summed E-state index contributed by atoms with van der Waals surface area (Å²) in [6, 6.07) is 11.4. The van der Waals surface area contributed by atoms with Crippen molar-refractivity contribution in [3.05, 3.63) is 53.9 Å². The fraction of sp³-hybridized carbons (Fsp3) is 0.458. The predicted molar refractivity (Wildman–Crippen MR) is 121 cm³/mol. The molecule has 4 rings (SSSR count). The number of anilines is 1. The number of piperidine rings is 1. The van der Waals surface area contributed by atoms with Crippen molar-refractivity contribution in [1.29, 1.82) is 5.26 Å². The van der Waals surface area contributed by atoms with E-state index in [4.69, 9.17) is 26.3 Å². The van der Waals surface area contributed by atoms with E-state index in [9.17, 15) is 4.79 Å². The van der Waals surface area contributed by atoms with Gasteiger partial charge >= 0.3 is 0 Å². The highest BCUT2D eigenvalue weighted by Gasteiger charge is 2.43. The number of methoxy groups -OCH3 is 1. The molecule has 0 radical (unpaired) electrons. The Morgan fingerprint density at radius 1 is 1.25 bits per heavy atom. The number of fused-ring (bicyclic) bond motifs is 1. The van der Waals surface area contributed by atoms with Gasteiger partial charge in [0.25, 0.3) is 0 Å². The van der Waals surface area contributed by atoms with Gasteiger partial charge in [0.05, 0.1) is 36.7 Å². The van der Waals surface area contributed by atoms with Gasteiger partial charge in [-0.2, -0.15) is 5.26 Å². The predicted octanol–water partition coefficient (Wildman–Crippen LogP) is 3.48. The Bertz CT molecular complexity index is 981. The molecule has 0 spiro atoms. The first-order chi connectivity index (χ1) is 15.6. The Labute approximate surface area is 193 Å². The number of rotatable bonds is 7. The van der Waals surface area contributed by atoms with Crippen molar-refractivity contribution in [2.45, 2.75) is 43.4 Å². The first-order valence-electron chi connectivity index (χ1n) is 10.8. The second kappa shape index (κ2) is 10.2. The third-order valence-corrected chi connectivity index (χ3v) is 6.82. The van der Waals surface area contributed by atoms with Crippen LogP contribution in [0.2, 0.25) is 0 Å². The molecule has 1 aliphatic heterocycles. The summed E-state index contributed by atoms with van der Waals surface area (Å²) in [5, 5.41) is 15.6. The molecule has 1 aromatic carbocycles. The fourth-order valence-electron chi connectivity index (χ4n) is 4.57. The number of aromatic nitrogens is 1. The molecule has 1 aromatic heterocycles. The minimum atomic E-state index is -0.143. The standard InChI is InChI=1S/C24H27ClN4O3/c1-31-22-10-19(3-2-16(22)12-26)28-13-18-8-17-9-20(25)23(11-21(17)29-24(18)30)32-14-15-4-6-27-7-5-15/h2-7,10,17-18,20-21,23,28H,8-9,11,13-14H2,1H3,(H,29,30). The molecular formula is C24H27ClN4O3. The van der Waals surface area contributed by atoms with E-state index in [0.717, 1.165) is 30.5 Å². The molecule has 8 heteroatoms. The number of ether oxygens (including phenoxy) is 2. The number of hydrogen-bond acceptors (Lipinski definition) is 6. The van der Waals surface area contributed by atoms with Crippen LogP contribution in [0.5, 0.6) is 5.75 Å². The molecule has 1 saturated carbocycles. The van der Waals surface area contributed by atoms with Crippen LogP contribution >= 0.6 is 11.6 Å². The normalized spacial score (nSPS) is 27.0. The van der Waals surface area contributed by atoms with Crippen molar-refractivity contribution in [2.75, 3.05) is 19.0 Å². The van der Waals surface area contributed by atoms with Crippen LogP contribution in [-0.4, -0.2) is 42.1 Å². The minimum Gasteiger partial charge on any atom is -0.495 e. The Hall–Kier alpha value is -2.82. The SMILES string of the molecule is COc1cc(NCC2CC3CC(Cl)C(OCc4ccncc4)CC3NC2=O)ccc1C#N. The molecule has 5 unspecified atom stereocenters. The van der Waals surface area contributed by atoms with Gasteiger partial charge < -0.3 is 20.1 Å². The van der Waals surface area contributed by atoms with Gasteiger partial charge in [-0.25, -0.2) is 0 Å². The van der Waals surface area contributed by atoms with Crippen LogP contribution in [0.3, 0.4) is 0 Å². The number of nitrogens with zero attached hydrogens (tertiary/aromatic N) is 2. The van der Waals surface area contributed by atoms with E-state index in [-0.39, 0.29) is 29.3 Å². The molecule has 168 valence electrons. The van der Waals surface area contributed by atoms with Gasteiger partial charge in [0.15, 0.2) is 0 Å². The maximum Gasteiger partial charge on any atom is 0.225 e. The van der Waals surface area contributed by atoms with Crippen LogP contribution < -0.4 is 15.4 Å². The lowest BCUT2D eigenvalue weighted by molar-refractivity contribution is -0.130. The lowest BCUT2D eigenvalue weighted by Gasteiger charge is -2.44. The van der Waals surface area contributed by atoms with Gasteiger partial charge in [-0.3, -0.25) is 9.78 Å². The van der Waals surface area contributed by atoms with E-state index in [1.165, 1.54) is 7.11 Å². The molecule has 7 nitrogen and oxygen atoms in total. The second-order valence-electron chi connectivity index (χ2n) is 8.41. The number of carbonyl (C=O) groups is 1. The highest BCUT2D eigenvalue weighted by atomic mass is 35.5. The lowest BCUT2D eigenvalue weighted by atomic mass is 9.74. The molecular weight excluding hydrogens is 428 g/mol. The highest BCUT2D eigenvalue weighted by molar-refractivity contribution is 6.21. The van der Waals surface area contributed by atoms with E-state index in [1.807, 2.05) is 18.2 Å². The number of carbonyl (C=O) groups excluding carboxylic acids is 1. The summed E-state index contributed by atoms with van der Waals surface area (Å²) < 4.78 is 11.3. The van der Waals surface area contributed by atoms with E-state index >= 15 is 0 Å². The van der Waals surface area contributed by atoms with Gasteiger partial charge in [-0.1, -0.05) is 0 Å². The zero-order valence-corrected chi connectivity index (χ0v) is 18.7. The van der Waals surface area contributed by atoms with Crippen LogP contribution in [0.25, 0.3) is 0 Å². The van der Waals surface area contributed by atoms with E-state index in [1.54, 1.807) is 24.5 Å². The number of nitrogens with one attached hydrogen (secondary N) is 2. The summed E-state index contributed by atoms with van der Waals surface area (Å²) in [4.78, 5) is 16.8. The number of amides is 1. The first kappa shape index (κ1) is 22.4. The Balaban J connectivity index is 1.31. The minimum absolute atomic E-state index is 0.0558. The van der Waals surface area contributed by atoms with Crippen LogP contribution in [0.1, 0.15) is 30.4 Å². The number of halogens is 1. The van der Waals surface area contributed by atoms with E-state index in [0.29, 0.717) is 30.4 Å². The van der Waals surface area contributed by atoms with Gasteiger partial charge in [0, 0.05) is 36.7 Å². The molecule has 2 N–H and O–H groups in total.